The average Bonchev–Trinajstić information content (AvgIpc) is 2.73. The summed E-state index contributed by atoms with van der Waals surface area (Å²) >= 11 is 0. The normalized spacial score (nSPS) is 14.1. The maximum atomic E-state index is 13.4. The third-order valence-electron chi connectivity index (χ3n) is 5.39. The lowest BCUT2D eigenvalue weighted by Crippen LogP contribution is -2.58. The molecular weight excluding hydrogens is 395 g/mol. The van der Waals surface area contributed by atoms with Gasteiger partial charge >= 0.3 is 7.05 Å². The summed E-state index contributed by atoms with van der Waals surface area (Å²) in [5, 5.41) is 11.7. The second-order valence-electron chi connectivity index (χ2n) is 8.62. The Morgan fingerprint density at radius 3 is 2.61 bits per heavy atom. The smallest absolute Gasteiger partial charge is 0.430 e. The second-order valence-corrected chi connectivity index (χ2v) is 8.62. The fraction of sp³-hybridized carbons (Fsp3) is 0.364. The van der Waals surface area contributed by atoms with Gasteiger partial charge in [0.15, 0.2) is 0 Å². The molecule has 8 nitrogen and oxygen atoms in total. The Hall–Kier alpha value is -2.88. The van der Waals surface area contributed by atoms with Crippen LogP contribution in [0.4, 0.5) is 0 Å². The molecule has 0 fully saturated rings. The Morgan fingerprint density at radius 1 is 1.26 bits per heavy atom. The second kappa shape index (κ2) is 8.70. The number of methoxy groups -OCH3 is 1. The van der Waals surface area contributed by atoms with Crippen molar-refractivity contribution in [3.05, 3.63) is 58.7 Å². The van der Waals surface area contributed by atoms with Crippen molar-refractivity contribution in [2.45, 2.75) is 39.8 Å². The van der Waals surface area contributed by atoms with Crippen molar-refractivity contribution in [2.24, 2.45) is 0 Å². The number of nitrogens with zero attached hydrogens (tertiary/aromatic N) is 2. The summed E-state index contributed by atoms with van der Waals surface area (Å²) in [6.45, 7) is 7.84. The Kier molecular flexibility index (Phi) is 6.40. The van der Waals surface area contributed by atoms with Gasteiger partial charge in [-0.1, -0.05) is 12.1 Å². The van der Waals surface area contributed by atoms with Gasteiger partial charge in [0, 0.05) is 23.2 Å². The Bertz CT molecular complexity index is 1010. The molecule has 3 rings (SSSR count). The summed E-state index contributed by atoms with van der Waals surface area (Å²) in [5.41, 5.74) is 8.30. The average molecular weight is 424 g/mol. The molecule has 2 amide bonds. The van der Waals surface area contributed by atoms with E-state index in [4.69, 9.17) is 4.74 Å². The number of hydrazine groups is 2. The molecular formula is C22H29BN4O4. The molecule has 2 aromatic rings. The highest BCUT2D eigenvalue weighted by molar-refractivity contribution is 6.64. The maximum absolute atomic E-state index is 13.4. The van der Waals surface area contributed by atoms with E-state index in [1.165, 1.54) is 5.01 Å². The van der Waals surface area contributed by atoms with Crippen LogP contribution in [0, 0.1) is 6.92 Å². The van der Waals surface area contributed by atoms with Crippen LogP contribution in [0.2, 0.25) is 0 Å². The molecule has 0 aliphatic carbocycles. The van der Waals surface area contributed by atoms with Gasteiger partial charge in [-0.25, -0.2) is 5.01 Å². The summed E-state index contributed by atoms with van der Waals surface area (Å²) in [6, 6.07) is 10.4. The van der Waals surface area contributed by atoms with Crippen LogP contribution < -0.4 is 21.1 Å². The zero-order chi connectivity index (χ0) is 22.9. The molecule has 0 bridgehead atoms. The predicted molar refractivity (Wildman–Crippen MR) is 120 cm³/mol. The van der Waals surface area contributed by atoms with Crippen LogP contribution in [0.3, 0.4) is 0 Å². The molecule has 0 radical (unpaired) electrons. The number of ether oxygens (including phenoxy) is 1. The van der Waals surface area contributed by atoms with Crippen LogP contribution in [0.25, 0.3) is 0 Å². The first-order valence-electron chi connectivity index (χ1n) is 10.1. The molecule has 0 unspecified atom stereocenters. The number of carbonyl (C=O) groups is 2. The van der Waals surface area contributed by atoms with E-state index < -0.39 is 18.5 Å². The first-order valence-corrected chi connectivity index (χ1v) is 10.1. The fourth-order valence-corrected chi connectivity index (χ4v) is 3.54. The number of hydrogen-bond acceptors (Lipinski definition) is 6. The van der Waals surface area contributed by atoms with Crippen molar-refractivity contribution in [3.63, 3.8) is 0 Å². The highest BCUT2D eigenvalue weighted by atomic mass is 16.5. The van der Waals surface area contributed by atoms with Crippen LogP contribution in [-0.4, -0.2) is 53.5 Å². The summed E-state index contributed by atoms with van der Waals surface area (Å²) < 4.78 is 5.30. The largest absolute Gasteiger partial charge is 0.496 e. The zero-order valence-electron chi connectivity index (χ0n) is 18.8. The molecule has 3 N–H and O–H groups in total. The van der Waals surface area contributed by atoms with E-state index in [1.807, 2.05) is 20.8 Å². The number of carbonyl (C=O) groups excluding carboxylic acids is 2. The molecule has 1 aliphatic rings. The van der Waals surface area contributed by atoms with Gasteiger partial charge in [0.1, 0.15) is 5.75 Å². The number of amides is 2. The summed E-state index contributed by atoms with van der Waals surface area (Å²) in [5.74, 6) is -0.124. The lowest BCUT2D eigenvalue weighted by Gasteiger charge is -2.36. The topological polar surface area (TPSA) is 94.1 Å². The van der Waals surface area contributed by atoms with Gasteiger partial charge in [0.25, 0.3) is 11.8 Å². The van der Waals surface area contributed by atoms with E-state index in [1.54, 1.807) is 62.4 Å². The van der Waals surface area contributed by atoms with E-state index in [0.29, 0.717) is 29.0 Å². The molecule has 164 valence electrons. The van der Waals surface area contributed by atoms with Gasteiger partial charge in [-0.2, -0.15) is 0 Å². The number of benzene rings is 2. The molecule has 0 spiro atoms. The molecule has 31 heavy (non-hydrogen) atoms. The molecule has 0 saturated carbocycles. The quantitative estimate of drug-likeness (QED) is 0.507. The molecule has 0 saturated heterocycles. The minimum Gasteiger partial charge on any atom is -0.496 e. The molecule has 1 aliphatic heterocycles. The van der Waals surface area contributed by atoms with Crippen LogP contribution >= 0.6 is 0 Å². The van der Waals surface area contributed by atoms with Gasteiger partial charge in [0.2, 0.25) is 0 Å². The first-order chi connectivity index (χ1) is 14.5. The SMILES string of the molecule is COc1cccc(C(=O)NN(C(=O)c2ccc3c(c2)CNN(C)B3O)C(C)(C)C)c1C. The number of rotatable bonds is 3. The minimum atomic E-state index is -0.789. The van der Waals surface area contributed by atoms with E-state index in [2.05, 4.69) is 10.9 Å². The number of hydrogen-bond donors (Lipinski definition) is 3. The van der Waals surface area contributed by atoms with E-state index in [-0.39, 0.29) is 5.91 Å². The highest BCUT2D eigenvalue weighted by Gasteiger charge is 2.32. The third-order valence-corrected chi connectivity index (χ3v) is 5.39. The van der Waals surface area contributed by atoms with Crippen LogP contribution in [-0.2, 0) is 6.54 Å². The summed E-state index contributed by atoms with van der Waals surface area (Å²) in [6.07, 6.45) is 0. The molecule has 1 heterocycles. The van der Waals surface area contributed by atoms with Crippen molar-refractivity contribution in [1.82, 2.24) is 20.8 Å². The fourth-order valence-electron chi connectivity index (χ4n) is 3.54. The van der Waals surface area contributed by atoms with Crippen LogP contribution in [0.1, 0.15) is 52.6 Å². The minimum absolute atomic E-state index is 0.336. The van der Waals surface area contributed by atoms with E-state index in [9.17, 15) is 14.6 Å². The van der Waals surface area contributed by atoms with Gasteiger partial charge in [-0.3, -0.25) is 25.4 Å². The van der Waals surface area contributed by atoms with Crippen molar-refractivity contribution in [3.8, 4) is 5.75 Å². The van der Waals surface area contributed by atoms with Gasteiger partial charge in [-0.15, -0.1) is 0 Å². The summed E-state index contributed by atoms with van der Waals surface area (Å²) in [7, 11) is 2.51. The summed E-state index contributed by atoms with van der Waals surface area (Å²) in [4.78, 5) is 28.0. The van der Waals surface area contributed by atoms with Gasteiger partial charge in [0.05, 0.1) is 12.6 Å². The molecule has 9 heteroatoms. The highest BCUT2D eigenvalue weighted by Crippen LogP contribution is 2.22. The number of fused-ring (bicyclic) bond motifs is 1. The Balaban J connectivity index is 1.90. The van der Waals surface area contributed by atoms with Crippen molar-refractivity contribution in [1.29, 1.82) is 0 Å². The lowest BCUT2D eigenvalue weighted by molar-refractivity contribution is 0.0358. The number of nitrogens with one attached hydrogen (secondary N) is 2. The first kappa shape index (κ1) is 22.8. The van der Waals surface area contributed by atoms with Crippen LogP contribution in [0.5, 0.6) is 5.75 Å². The Morgan fingerprint density at radius 2 is 1.97 bits per heavy atom. The van der Waals surface area contributed by atoms with Crippen molar-refractivity contribution in [2.75, 3.05) is 14.2 Å². The molecule has 0 aromatic heterocycles. The lowest BCUT2D eigenvalue weighted by atomic mass is 9.69. The Labute approximate surface area is 183 Å². The molecule has 2 aromatic carbocycles. The standard InChI is InChI=1S/C22H29BN4O4/c1-14-17(8-7-9-19(14)31-6)20(28)25-27(22(2,3)4)21(29)15-10-11-18-16(12-15)13-24-26(5)23(18)30/h7-12,24,30H,13H2,1-6H3,(H,25,28). The van der Waals surface area contributed by atoms with E-state index in [0.717, 1.165) is 11.0 Å². The monoisotopic (exact) mass is 424 g/mol. The van der Waals surface area contributed by atoms with E-state index >= 15 is 0 Å². The van der Waals surface area contributed by atoms with Gasteiger partial charge in [-0.05, 0) is 70.0 Å². The third kappa shape index (κ3) is 4.58. The predicted octanol–water partition coefficient (Wildman–Crippen LogP) is 1.23. The van der Waals surface area contributed by atoms with Crippen molar-refractivity contribution < 1.29 is 19.3 Å². The van der Waals surface area contributed by atoms with Gasteiger partial charge < -0.3 is 9.76 Å². The maximum Gasteiger partial charge on any atom is 0.430 e. The van der Waals surface area contributed by atoms with Crippen LogP contribution in [0.15, 0.2) is 36.4 Å². The zero-order valence-corrected chi connectivity index (χ0v) is 18.8. The van der Waals surface area contributed by atoms with Crippen molar-refractivity contribution >= 4 is 24.3 Å². The molecule has 0 atom stereocenters.